The van der Waals surface area contributed by atoms with E-state index >= 15 is 4.39 Å². The minimum atomic E-state index is -2.30. The van der Waals surface area contributed by atoms with Gasteiger partial charge in [0.25, 0.3) is 15.3 Å². The number of ketones is 2. The van der Waals surface area contributed by atoms with Gasteiger partial charge in [0.1, 0.15) is 19.3 Å². The number of carbonyl (C=O) groups excluding carboxylic acids is 5. The van der Waals surface area contributed by atoms with Gasteiger partial charge in [0.05, 0.1) is 19.1 Å². The van der Waals surface area contributed by atoms with Crippen LogP contribution in [0, 0.1) is 58.9 Å². The quantitative estimate of drug-likeness (QED) is 0.0460. The molecule has 0 saturated heterocycles. The monoisotopic (exact) mass is 802 g/mol. The van der Waals surface area contributed by atoms with Gasteiger partial charge in [0, 0.05) is 35.5 Å². The van der Waals surface area contributed by atoms with Gasteiger partial charge in [-0.1, -0.05) is 31.6 Å². The number of halogens is 1. The molecule has 4 unspecified atom stereocenters. The third-order valence-corrected chi connectivity index (χ3v) is 11.6. The van der Waals surface area contributed by atoms with Crippen LogP contribution in [-0.4, -0.2) is 106 Å². The lowest BCUT2D eigenvalue weighted by molar-refractivity contribution is -0.790. The summed E-state index contributed by atoms with van der Waals surface area (Å²) in [6.07, 6.45) is -0.709. The Balaban J connectivity index is 1.54. The molecule has 0 aromatic heterocycles. The van der Waals surface area contributed by atoms with Crippen LogP contribution in [0.4, 0.5) is 4.39 Å². The van der Waals surface area contributed by atoms with Crippen molar-refractivity contribution >= 4 is 29.5 Å². The average Bonchev–Trinajstić information content (AvgIpc) is 3.32. The molecular formula is C33H43FN4O18. The summed E-state index contributed by atoms with van der Waals surface area (Å²) in [7, 11) is 0. The Hall–Kier alpha value is -5.32. The van der Waals surface area contributed by atoms with Crippen LogP contribution >= 0.6 is 0 Å². The topological polar surface area (TPSA) is 316 Å². The molecule has 310 valence electrons. The molecule has 4 aliphatic rings. The third kappa shape index (κ3) is 8.27. The molecule has 23 heteroatoms. The number of aliphatic hydroxyl groups is 1. The molecule has 22 nitrogen and oxygen atoms in total. The predicted octanol–water partition coefficient (Wildman–Crippen LogP) is 1.03. The predicted molar refractivity (Wildman–Crippen MR) is 178 cm³/mol. The van der Waals surface area contributed by atoms with Crippen molar-refractivity contribution in [2.45, 2.75) is 95.2 Å². The maximum atomic E-state index is 17.7. The van der Waals surface area contributed by atoms with Crippen molar-refractivity contribution in [3.63, 3.8) is 0 Å². The number of nitrogens with zero attached hydrogens (tertiary/aromatic N) is 3. The molecular weight excluding hydrogens is 759 g/mol. The third-order valence-electron chi connectivity index (χ3n) is 11.6. The van der Waals surface area contributed by atoms with Gasteiger partial charge in [-0.15, -0.1) is 30.3 Å². The number of alkyl halides is 1. The van der Waals surface area contributed by atoms with Gasteiger partial charge in [-0.25, -0.2) is 4.39 Å². The summed E-state index contributed by atoms with van der Waals surface area (Å²) in [5, 5.41) is 39.8. The van der Waals surface area contributed by atoms with Crippen molar-refractivity contribution in [3.8, 4) is 0 Å². The van der Waals surface area contributed by atoms with E-state index in [1.807, 2.05) is 0 Å². The molecule has 3 N–H and O–H groups in total. The normalized spacial score (nSPS) is 32.5. The van der Waals surface area contributed by atoms with E-state index in [1.165, 1.54) is 12.2 Å². The molecule has 2 saturated carbocycles. The maximum Gasteiger partial charge on any atom is 0.323 e. The molecule has 56 heavy (non-hydrogen) atoms. The Morgan fingerprint density at radius 3 is 2.34 bits per heavy atom. The average molecular weight is 803 g/mol. The first-order chi connectivity index (χ1) is 26.1. The second kappa shape index (κ2) is 16.8. The van der Waals surface area contributed by atoms with E-state index in [-0.39, 0.29) is 31.5 Å². The number of hydrogen-bond donors (Lipinski definition) is 2. The van der Waals surface area contributed by atoms with E-state index in [9.17, 15) is 59.4 Å². The highest BCUT2D eigenvalue weighted by atomic mass is 19.1. The summed E-state index contributed by atoms with van der Waals surface area (Å²) in [5.74, 6) is -7.16. The number of Topliss-reactive ketones (excluding diaryl/α,β-unsaturated/α-hetero) is 1. The van der Waals surface area contributed by atoms with Crippen molar-refractivity contribution in [1.82, 2.24) is 0 Å². The number of aliphatic hydroxyl groups excluding tert-OH is 1. The van der Waals surface area contributed by atoms with Crippen LogP contribution in [0.3, 0.4) is 0 Å². The highest BCUT2D eigenvalue weighted by Gasteiger charge is 2.77. The molecule has 0 aliphatic heterocycles. The zero-order valence-electron chi connectivity index (χ0n) is 30.7. The maximum absolute atomic E-state index is 17.7. The number of ether oxygens (including phenoxy) is 3. The van der Waals surface area contributed by atoms with Crippen molar-refractivity contribution in [2.75, 3.05) is 26.4 Å². The molecule has 4 rings (SSSR count). The van der Waals surface area contributed by atoms with Crippen LogP contribution in [0.2, 0.25) is 0 Å². The number of rotatable bonds is 19. The van der Waals surface area contributed by atoms with Gasteiger partial charge < -0.3 is 39.6 Å². The molecule has 0 radical (unpaired) electrons. The number of nitrogens with two attached hydrogens (primary N) is 1. The summed E-state index contributed by atoms with van der Waals surface area (Å²) in [6, 6.07) is -1.76. The Kier molecular flexibility index (Phi) is 13.0. The molecule has 2 fully saturated rings. The first-order valence-corrected chi connectivity index (χ1v) is 17.6. The van der Waals surface area contributed by atoms with Crippen LogP contribution in [0.15, 0.2) is 23.8 Å². The summed E-state index contributed by atoms with van der Waals surface area (Å²) in [5.41, 5.74) is -1.03. The summed E-state index contributed by atoms with van der Waals surface area (Å²) in [6.45, 7) is 1.33. The highest BCUT2D eigenvalue weighted by molar-refractivity contribution is 5.95. The van der Waals surface area contributed by atoms with Gasteiger partial charge in [0.2, 0.25) is 5.78 Å². The number of hydrogen-bond acceptors (Lipinski definition) is 19. The van der Waals surface area contributed by atoms with Crippen LogP contribution < -0.4 is 5.73 Å². The zero-order chi connectivity index (χ0) is 41.8. The molecule has 0 heterocycles. The highest BCUT2D eigenvalue weighted by Crippen LogP contribution is 2.71. The summed E-state index contributed by atoms with van der Waals surface area (Å²) in [4.78, 5) is 109. The van der Waals surface area contributed by atoms with E-state index in [1.54, 1.807) is 26.8 Å². The van der Waals surface area contributed by atoms with Gasteiger partial charge in [-0.2, -0.15) is 0 Å². The summed E-state index contributed by atoms with van der Waals surface area (Å²) < 4.78 is 33.7. The van der Waals surface area contributed by atoms with E-state index in [2.05, 4.69) is 14.5 Å². The SMILES string of the molecule is C[C@@H]1CC2C3CC=C4CC(=O)C=C[C@]4(C)[C@@]3(F)[C@@H](O)C[C@]2(C)[C@@]1(OC(=O)CCCO[N+](=O)[O-])C(=O)COC(=O)CC(N)C(=O)OCC(CO[N+](=O)[O-])O[N+](=O)[O-]. The molecule has 0 bridgehead atoms. The molecule has 10 atom stereocenters. The van der Waals surface area contributed by atoms with Gasteiger partial charge in [-0.3, -0.25) is 24.0 Å². The Morgan fingerprint density at radius 2 is 1.70 bits per heavy atom. The Morgan fingerprint density at radius 1 is 1.02 bits per heavy atom. The van der Waals surface area contributed by atoms with Gasteiger partial charge >= 0.3 is 17.9 Å². The number of allylic oxidation sites excluding steroid dienone is 4. The van der Waals surface area contributed by atoms with Crippen LogP contribution in [0.25, 0.3) is 0 Å². The molecule has 0 aromatic rings. The molecule has 4 aliphatic carbocycles. The van der Waals surface area contributed by atoms with Crippen molar-refractivity contribution in [1.29, 1.82) is 0 Å². The first-order valence-electron chi connectivity index (χ1n) is 17.6. The standard InChI is InChI=1S/C33H43FN4O18/c1-18-11-23-22-7-6-19-12-20(39)8-9-30(19,2)32(22,34)25(40)14-31(23,3)33(18,55-27(42)5-4-10-53-36(45)46)26(41)17-51-28(43)13-24(35)29(44)52-15-21(56-38(49)50)16-54-37(47)48/h6,8-9,18,21-25,40H,4-5,7,10-17,35H2,1-3H3/t18-,21?,22?,23?,24?,25+,30+,31+,32+,33+/m1/s1. The van der Waals surface area contributed by atoms with E-state index in [0.717, 1.165) is 0 Å². The fourth-order valence-corrected chi connectivity index (χ4v) is 9.12. The van der Waals surface area contributed by atoms with Gasteiger partial charge in [-0.05, 0) is 44.6 Å². The molecule has 0 spiro atoms. The number of carbonyl (C=O) groups is 5. The van der Waals surface area contributed by atoms with E-state index < -0.39 is 143 Å². The summed E-state index contributed by atoms with van der Waals surface area (Å²) >= 11 is 0. The lowest BCUT2D eigenvalue weighted by Crippen LogP contribution is -2.69. The van der Waals surface area contributed by atoms with E-state index in [0.29, 0.717) is 5.57 Å². The minimum absolute atomic E-state index is 0.0289. The number of esters is 3. The van der Waals surface area contributed by atoms with Crippen molar-refractivity contribution < 1.29 is 77.5 Å². The second-order valence-corrected chi connectivity index (χ2v) is 14.8. The molecule has 0 aromatic carbocycles. The fourth-order valence-electron chi connectivity index (χ4n) is 9.12. The molecule has 0 amide bonds. The van der Waals surface area contributed by atoms with Crippen molar-refractivity contribution in [2.24, 2.45) is 34.3 Å². The Labute approximate surface area is 317 Å². The Bertz CT molecular complexity index is 1690. The number of fused-ring (bicyclic) bond motifs is 5. The minimum Gasteiger partial charge on any atom is -0.462 e. The fraction of sp³-hybridized carbons (Fsp3) is 0.727. The first kappa shape index (κ1) is 43.4. The van der Waals surface area contributed by atoms with Crippen LogP contribution in [0.5, 0.6) is 0 Å². The van der Waals surface area contributed by atoms with Gasteiger partial charge in [0.15, 0.2) is 29.8 Å². The second-order valence-electron chi connectivity index (χ2n) is 14.8. The van der Waals surface area contributed by atoms with Crippen molar-refractivity contribution in [3.05, 3.63) is 54.1 Å². The van der Waals surface area contributed by atoms with E-state index in [4.69, 9.17) is 19.9 Å². The lowest BCUT2D eigenvalue weighted by atomic mass is 9.45. The van der Waals surface area contributed by atoms with Crippen LogP contribution in [-0.2, 0) is 52.7 Å². The lowest BCUT2D eigenvalue weighted by Gasteiger charge is -2.62. The smallest absolute Gasteiger partial charge is 0.323 e. The van der Waals surface area contributed by atoms with Crippen LogP contribution in [0.1, 0.15) is 65.7 Å². The largest absolute Gasteiger partial charge is 0.462 e. The zero-order valence-corrected chi connectivity index (χ0v) is 30.7.